The van der Waals surface area contributed by atoms with Crippen LogP contribution in [0, 0.1) is 13.8 Å². The van der Waals surface area contributed by atoms with Gasteiger partial charge in [0.2, 0.25) is 0 Å². The number of thiophene rings is 1. The number of aromatic nitrogens is 1. The van der Waals surface area contributed by atoms with Gasteiger partial charge in [-0.2, -0.15) is 0 Å². The first-order valence-electron chi connectivity index (χ1n) is 7.17. The average molecular weight is 341 g/mol. The number of carboxylic acids is 1. The lowest BCUT2D eigenvalue weighted by atomic mass is 10.1. The number of aryl methyl sites for hydroxylation is 2. The summed E-state index contributed by atoms with van der Waals surface area (Å²) in [5.74, 6) is -1.43. The van der Waals surface area contributed by atoms with Crippen LogP contribution in [-0.2, 0) is 0 Å². The van der Waals surface area contributed by atoms with Crippen molar-refractivity contribution in [3.63, 3.8) is 0 Å². The summed E-state index contributed by atoms with van der Waals surface area (Å²) in [5.41, 5.74) is 8.87. The van der Waals surface area contributed by atoms with E-state index in [4.69, 9.17) is 10.8 Å². The van der Waals surface area contributed by atoms with Crippen molar-refractivity contribution in [3.8, 4) is 0 Å². The minimum atomic E-state index is -1.05. The minimum absolute atomic E-state index is 0.102. The van der Waals surface area contributed by atoms with Gasteiger partial charge in [0.25, 0.3) is 5.91 Å². The number of nitrogens with two attached hydrogens (primary N) is 1. The van der Waals surface area contributed by atoms with E-state index in [0.29, 0.717) is 16.3 Å². The smallest absolute Gasteiger partial charge is 0.335 e. The molecule has 3 rings (SSSR count). The highest BCUT2D eigenvalue weighted by Gasteiger charge is 2.19. The van der Waals surface area contributed by atoms with E-state index in [1.165, 1.54) is 23.5 Å². The highest BCUT2D eigenvalue weighted by Crippen LogP contribution is 2.35. The van der Waals surface area contributed by atoms with E-state index in [1.54, 1.807) is 12.1 Å². The quantitative estimate of drug-likeness (QED) is 0.677. The number of aromatic carboxylic acids is 1. The minimum Gasteiger partial charge on any atom is -0.478 e. The Kier molecular flexibility index (Phi) is 3.94. The summed E-state index contributed by atoms with van der Waals surface area (Å²) >= 11 is 1.23. The SMILES string of the molecule is Cc1cc(C)c2c(N)c(C(=O)Nc3cccc(C(=O)O)c3)sc2n1. The second kappa shape index (κ2) is 5.93. The lowest BCUT2D eigenvalue weighted by molar-refractivity contribution is 0.0696. The highest BCUT2D eigenvalue weighted by atomic mass is 32.1. The first kappa shape index (κ1) is 15.9. The summed E-state index contributed by atoms with van der Waals surface area (Å²) in [7, 11) is 0. The molecule has 3 aromatic rings. The molecule has 1 amide bonds. The third-order valence-electron chi connectivity index (χ3n) is 3.60. The predicted molar refractivity (Wildman–Crippen MR) is 94.9 cm³/mol. The van der Waals surface area contributed by atoms with Crippen LogP contribution < -0.4 is 11.1 Å². The maximum absolute atomic E-state index is 12.5. The fraction of sp³-hybridized carbons (Fsp3) is 0.118. The van der Waals surface area contributed by atoms with Crippen molar-refractivity contribution in [3.05, 3.63) is 52.0 Å². The number of hydrogen-bond donors (Lipinski definition) is 3. The molecular formula is C17H15N3O3S. The molecule has 1 aromatic carbocycles. The van der Waals surface area contributed by atoms with Crippen molar-refractivity contribution in [2.24, 2.45) is 0 Å². The Morgan fingerprint density at radius 2 is 2.00 bits per heavy atom. The van der Waals surface area contributed by atoms with Gasteiger partial charge in [-0.1, -0.05) is 6.07 Å². The van der Waals surface area contributed by atoms with Gasteiger partial charge in [-0.25, -0.2) is 9.78 Å². The maximum atomic E-state index is 12.5. The fourth-order valence-corrected chi connectivity index (χ4v) is 3.67. The van der Waals surface area contributed by atoms with Gasteiger partial charge in [-0.15, -0.1) is 11.3 Å². The van der Waals surface area contributed by atoms with Crippen LogP contribution in [0.15, 0.2) is 30.3 Å². The Morgan fingerprint density at radius 1 is 1.25 bits per heavy atom. The van der Waals surface area contributed by atoms with E-state index in [2.05, 4.69) is 10.3 Å². The lowest BCUT2D eigenvalue weighted by Crippen LogP contribution is -2.12. The molecule has 0 aliphatic heterocycles. The van der Waals surface area contributed by atoms with Crippen LogP contribution in [-0.4, -0.2) is 22.0 Å². The van der Waals surface area contributed by atoms with Crippen LogP contribution >= 0.6 is 11.3 Å². The van der Waals surface area contributed by atoms with Gasteiger partial charge < -0.3 is 16.2 Å². The number of nitrogen functional groups attached to an aromatic ring is 1. The summed E-state index contributed by atoms with van der Waals surface area (Å²) < 4.78 is 0. The zero-order valence-corrected chi connectivity index (χ0v) is 13.9. The van der Waals surface area contributed by atoms with E-state index >= 15 is 0 Å². The summed E-state index contributed by atoms with van der Waals surface area (Å²) in [4.78, 5) is 29.0. The zero-order chi connectivity index (χ0) is 17.4. The van der Waals surface area contributed by atoms with Crippen LogP contribution in [0.5, 0.6) is 0 Å². The third kappa shape index (κ3) is 2.81. The number of carbonyl (C=O) groups excluding carboxylic acids is 1. The molecule has 0 fully saturated rings. The Hall–Kier alpha value is -2.93. The number of nitrogens with zero attached hydrogens (tertiary/aromatic N) is 1. The predicted octanol–water partition coefficient (Wildman–Crippen LogP) is 3.45. The van der Waals surface area contributed by atoms with E-state index in [0.717, 1.165) is 21.5 Å². The number of carbonyl (C=O) groups is 2. The summed E-state index contributed by atoms with van der Waals surface area (Å²) in [5, 5.41) is 12.5. The third-order valence-corrected chi connectivity index (χ3v) is 4.70. The molecule has 0 saturated heterocycles. The summed E-state index contributed by atoms with van der Waals surface area (Å²) in [6.45, 7) is 3.82. The standard InChI is InChI=1S/C17H15N3O3S/c1-8-6-9(2)19-16-12(8)13(18)14(24-16)15(21)20-11-5-3-4-10(7-11)17(22)23/h3-7H,18H2,1-2H3,(H,20,21)(H,22,23). The van der Waals surface area contributed by atoms with Crippen molar-refractivity contribution in [2.45, 2.75) is 13.8 Å². The van der Waals surface area contributed by atoms with Crippen molar-refractivity contribution >= 4 is 44.8 Å². The molecule has 0 bridgehead atoms. The Morgan fingerprint density at radius 3 is 2.71 bits per heavy atom. The monoisotopic (exact) mass is 341 g/mol. The number of carboxylic acid groups (broad SMARTS) is 1. The first-order valence-corrected chi connectivity index (χ1v) is 7.99. The number of hydrogen-bond acceptors (Lipinski definition) is 5. The van der Waals surface area contributed by atoms with E-state index in [1.807, 2.05) is 19.9 Å². The van der Waals surface area contributed by atoms with Gasteiger partial charge >= 0.3 is 5.97 Å². The second-order valence-corrected chi connectivity index (χ2v) is 6.44. The molecule has 0 unspecified atom stereocenters. The highest BCUT2D eigenvalue weighted by molar-refractivity contribution is 7.21. The molecule has 4 N–H and O–H groups in total. The lowest BCUT2D eigenvalue weighted by Gasteiger charge is -2.05. The van der Waals surface area contributed by atoms with E-state index < -0.39 is 5.97 Å². The normalized spacial score (nSPS) is 10.8. The molecule has 2 aromatic heterocycles. The molecule has 0 aliphatic carbocycles. The van der Waals surface area contributed by atoms with Gasteiger partial charge in [0.1, 0.15) is 9.71 Å². The Balaban J connectivity index is 1.97. The van der Waals surface area contributed by atoms with Crippen LogP contribution in [0.1, 0.15) is 31.3 Å². The van der Waals surface area contributed by atoms with Gasteiger partial charge in [-0.3, -0.25) is 4.79 Å². The molecule has 122 valence electrons. The maximum Gasteiger partial charge on any atom is 0.335 e. The summed E-state index contributed by atoms with van der Waals surface area (Å²) in [6, 6.07) is 7.98. The molecule has 24 heavy (non-hydrogen) atoms. The molecule has 7 heteroatoms. The zero-order valence-electron chi connectivity index (χ0n) is 13.1. The number of benzene rings is 1. The Labute approximate surface area is 141 Å². The number of nitrogens with one attached hydrogen (secondary N) is 1. The Bertz CT molecular complexity index is 979. The van der Waals surface area contributed by atoms with Crippen molar-refractivity contribution in [1.29, 1.82) is 0 Å². The molecule has 2 heterocycles. The van der Waals surface area contributed by atoms with Gasteiger partial charge in [0.05, 0.1) is 11.3 Å². The number of pyridine rings is 1. The largest absolute Gasteiger partial charge is 0.478 e. The average Bonchev–Trinajstić information content (AvgIpc) is 2.84. The molecule has 0 radical (unpaired) electrons. The van der Waals surface area contributed by atoms with Crippen LogP contribution in [0.2, 0.25) is 0 Å². The van der Waals surface area contributed by atoms with Crippen molar-refractivity contribution < 1.29 is 14.7 Å². The van der Waals surface area contributed by atoms with Crippen LogP contribution in [0.25, 0.3) is 10.2 Å². The van der Waals surface area contributed by atoms with E-state index in [9.17, 15) is 9.59 Å². The molecule has 0 aliphatic rings. The molecule has 0 spiro atoms. The van der Waals surface area contributed by atoms with Gasteiger partial charge in [-0.05, 0) is 43.7 Å². The summed E-state index contributed by atoms with van der Waals surface area (Å²) in [6.07, 6.45) is 0. The molecular weight excluding hydrogens is 326 g/mol. The topological polar surface area (TPSA) is 105 Å². The van der Waals surface area contributed by atoms with Gasteiger partial charge in [0.15, 0.2) is 0 Å². The fourth-order valence-electron chi connectivity index (χ4n) is 2.56. The first-order chi connectivity index (χ1) is 11.4. The van der Waals surface area contributed by atoms with Crippen LogP contribution in [0.3, 0.4) is 0 Å². The van der Waals surface area contributed by atoms with Gasteiger partial charge in [0, 0.05) is 16.8 Å². The second-order valence-electron chi connectivity index (χ2n) is 5.45. The number of amides is 1. The molecule has 6 nitrogen and oxygen atoms in total. The number of anilines is 2. The molecule has 0 atom stereocenters. The van der Waals surface area contributed by atoms with E-state index in [-0.39, 0.29) is 11.5 Å². The van der Waals surface area contributed by atoms with Crippen molar-refractivity contribution in [2.75, 3.05) is 11.1 Å². The van der Waals surface area contributed by atoms with Crippen LogP contribution in [0.4, 0.5) is 11.4 Å². The number of fused-ring (bicyclic) bond motifs is 1. The van der Waals surface area contributed by atoms with Crippen molar-refractivity contribution in [1.82, 2.24) is 4.98 Å². The molecule has 0 saturated carbocycles. The number of rotatable bonds is 3.